The number of carbonyl (C=O) groups is 2. The Balaban J connectivity index is 1.91. The standard InChI is InChI=1S/C21H20FN3O3/c1-11(26)24-10-17-15(12-3-4-12)9-16-18(20(27)23-2)19(28-21(16)25-17)13-5-7-14(22)8-6-13/h5-9,12H,3-4,10H2,1-2H3,(H,23,27)(H,24,26). The second-order valence-corrected chi connectivity index (χ2v) is 6.95. The fourth-order valence-corrected chi connectivity index (χ4v) is 3.33. The number of hydrogen-bond acceptors (Lipinski definition) is 4. The number of carbonyl (C=O) groups excluding carboxylic acids is 2. The second-order valence-electron chi connectivity index (χ2n) is 6.95. The van der Waals surface area contributed by atoms with Gasteiger partial charge in [-0.25, -0.2) is 9.37 Å². The quantitative estimate of drug-likeness (QED) is 0.708. The van der Waals surface area contributed by atoms with Gasteiger partial charge in [0.2, 0.25) is 11.6 Å². The van der Waals surface area contributed by atoms with Crippen LogP contribution in [0, 0.1) is 5.82 Å². The van der Waals surface area contributed by atoms with Crippen LogP contribution in [-0.4, -0.2) is 23.8 Å². The van der Waals surface area contributed by atoms with Gasteiger partial charge in [-0.3, -0.25) is 9.59 Å². The molecule has 1 saturated carbocycles. The van der Waals surface area contributed by atoms with Gasteiger partial charge in [0.25, 0.3) is 5.91 Å². The van der Waals surface area contributed by atoms with E-state index in [0.29, 0.717) is 40.4 Å². The van der Waals surface area contributed by atoms with Crippen molar-refractivity contribution in [1.29, 1.82) is 0 Å². The van der Waals surface area contributed by atoms with Crippen molar-refractivity contribution in [1.82, 2.24) is 15.6 Å². The second kappa shape index (κ2) is 7.07. The molecule has 7 heteroatoms. The van der Waals surface area contributed by atoms with E-state index in [-0.39, 0.29) is 17.6 Å². The highest BCUT2D eigenvalue weighted by molar-refractivity contribution is 6.10. The van der Waals surface area contributed by atoms with E-state index < -0.39 is 0 Å². The molecule has 0 spiro atoms. The lowest BCUT2D eigenvalue weighted by Gasteiger charge is -2.08. The van der Waals surface area contributed by atoms with Crippen LogP contribution in [0.5, 0.6) is 0 Å². The fraction of sp³-hybridized carbons (Fsp3) is 0.286. The molecule has 0 unspecified atom stereocenters. The van der Waals surface area contributed by atoms with E-state index in [1.165, 1.54) is 19.1 Å². The number of nitrogens with zero attached hydrogens (tertiary/aromatic N) is 1. The van der Waals surface area contributed by atoms with Crippen molar-refractivity contribution in [2.24, 2.45) is 0 Å². The van der Waals surface area contributed by atoms with Crippen LogP contribution in [0.2, 0.25) is 0 Å². The summed E-state index contributed by atoms with van der Waals surface area (Å²) in [6.45, 7) is 1.76. The Morgan fingerprint density at radius 3 is 2.57 bits per heavy atom. The number of nitrogens with one attached hydrogen (secondary N) is 2. The summed E-state index contributed by atoms with van der Waals surface area (Å²) in [5.41, 5.74) is 3.06. The third kappa shape index (κ3) is 3.35. The first-order valence-corrected chi connectivity index (χ1v) is 9.16. The number of furan rings is 1. The van der Waals surface area contributed by atoms with Crippen LogP contribution >= 0.6 is 0 Å². The molecule has 1 fully saturated rings. The Bertz CT molecular complexity index is 1070. The van der Waals surface area contributed by atoms with Gasteiger partial charge >= 0.3 is 0 Å². The zero-order valence-electron chi connectivity index (χ0n) is 15.6. The molecule has 0 saturated heterocycles. The number of halogens is 1. The van der Waals surface area contributed by atoms with Gasteiger partial charge in [0.15, 0.2) is 0 Å². The molecule has 0 atom stereocenters. The van der Waals surface area contributed by atoms with Crippen LogP contribution in [0.1, 0.15) is 47.3 Å². The van der Waals surface area contributed by atoms with Gasteiger partial charge < -0.3 is 15.1 Å². The Kier molecular flexibility index (Phi) is 4.58. The monoisotopic (exact) mass is 381 g/mol. The van der Waals surface area contributed by atoms with Crippen LogP contribution < -0.4 is 10.6 Å². The summed E-state index contributed by atoms with van der Waals surface area (Å²) >= 11 is 0. The molecule has 144 valence electrons. The topological polar surface area (TPSA) is 84.2 Å². The number of rotatable bonds is 5. The predicted octanol–water partition coefficient (Wildman–Crippen LogP) is 3.51. The lowest BCUT2D eigenvalue weighted by molar-refractivity contribution is -0.119. The van der Waals surface area contributed by atoms with Crippen LogP contribution in [-0.2, 0) is 11.3 Å². The molecular formula is C21H20FN3O3. The van der Waals surface area contributed by atoms with Gasteiger partial charge in [0, 0.05) is 19.5 Å². The highest BCUT2D eigenvalue weighted by Crippen LogP contribution is 2.43. The van der Waals surface area contributed by atoms with Crippen molar-refractivity contribution in [2.75, 3.05) is 7.05 Å². The van der Waals surface area contributed by atoms with Crippen LogP contribution in [0.15, 0.2) is 34.7 Å². The summed E-state index contributed by atoms with van der Waals surface area (Å²) < 4.78 is 19.3. The van der Waals surface area contributed by atoms with Crippen molar-refractivity contribution in [3.8, 4) is 11.3 Å². The maximum Gasteiger partial charge on any atom is 0.255 e. The Morgan fingerprint density at radius 2 is 1.96 bits per heavy atom. The van der Waals surface area contributed by atoms with Crippen molar-refractivity contribution in [3.05, 3.63) is 53.0 Å². The van der Waals surface area contributed by atoms with E-state index in [1.54, 1.807) is 19.2 Å². The van der Waals surface area contributed by atoms with Gasteiger partial charge in [-0.1, -0.05) is 0 Å². The minimum absolute atomic E-state index is 0.138. The first-order chi connectivity index (χ1) is 13.5. The van der Waals surface area contributed by atoms with E-state index in [4.69, 9.17) is 4.42 Å². The molecule has 2 aromatic heterocycles. The zero-order chi connectivity index (χ0) is 19.8. The lowest BCUT2D eigenvalue weighted by atomic mass is 10.0. The zero-order valence-corrected chi connectivity index (χ0v) is 15.6. The maximum absolute atomic E-state index is 13.3. The lowest BCUT2D eigenvalue weighted by Crippen LogP contribution is -2.21. The molecular weight excluding hydrogens is 361 g/mol. The third-order valence-corrected chi connectivity index (χ3v) is 4.88. The van der Waals surface area contributed by atoms with Crippen molar-refractivity contribution in [3.63, 3.8) is 0 Å². The normalized spacial score (nSPS) is 13.5. The molecule has 1 aromatic carbocycles. The SMILES string of the molecule is CNC(=O)c1c(-c2ccc(F)cc2)oc2nc(CNC(C)=O)c(C3CC3)cc12. The summed E-state index contributed by atoms with van der Waals surface area (Å²) in [6, 6.07) is 7.72. The van der Waals surface area contributed by atoms with Crippen LogP contribution in [0.3, 0.4) is 0 Å². The van der Waals surface area contributed by atoms with Gasteiger partial charge in [0.1, 0.15) is 11.6 Å². The average Bonchev–Trinajstić information content (AvgIpc) is 3.46. The molecule has 2 amide bonds. The van der Waals surface area contributed by atoms with Crippen molar-refractivity contribution >= 4 is 22.9 Å². The number of aromatic nitrogens is 1. The molecule has 2 heterocycles. The first kappa shape index (κ1) is 18.2. The Morgan fingerprint density at radius 1 is 1.25 bits per heavy atom. The third-order valence-electron chi connectivity index (χ3n) is 4.88. The minimum atomic E-state index is -0.368. The van der Waals surface area contributed by atoms with Gasteiger partial charge in [-0.2, -0.15) is 0 Å². The minimum Gasteiger partial charge on any atom is -0.437 e. The Labute approximate surface area is 161 Å². The number of fused-ring (bicyclic) bond motifs is 1. The number of benzene rings is 1. The van der Waals surface area contributed by atoms with E-state index in [0.717, 1.165) is 24.1 Å². The highest BCUT2D eigenvalue weighted by Gasteiger charge is 2.30. The number of hydrogen-bond donors (Lipinski definition) is 2. The van der Waals surface area contributed by atoms with Crippen molar-refractivity contribution in [2.45, 2.75) is 32.2 Å². The number of amides is 2. The van der Waals surface area contributed by atoms with Crippen LogP contribution in [0.4, 0.5) is 4.39 Å². The molecule has 0 aliphatic heterocycles. The molecule has 1 aliphatic carbocycles. The molecule has 28 heavy (non-hydrogen) atoms. The molecule has 4 rings (SSSR count). The molecule has 6 nitrogen and oxygen atoms in total. The summed E-state index contributed by atoms with van der Waals surface area (Å²) in [6.07, 6.45) is 2.11. The predicted molar refractivity (Wildman–Crippen MR) is 102 cm³/mol. The molecule has 0 bridgehead atoms. The molecule has 3 aromatic rings. The summed E-state index contributed by atoms with van der Waals surface area (Å²) in [5, 5.41) is 6.04. The Hall–Kier alpha value is -3.22. The first-order valence-electron chi connectivity index (χ1n) is 9.16. The average molecular weight is 381 g/mol. The highest BCUT2D eigenvalue weighted by atomic mass is 19.1. The van der Waals surface area contributed by atoms with Gasteiger partial charge in [-0.05, 0) is 54.7 Å². The van der Waals surface area contributed by atoms with Gasteiger partial charge in [-0.15, -0.1) is 0 Å². The van der Waals surface area contributed by atoms with E-state index in [1.807, 2.05) is 6.07 Å². The van der Waals surface area contributed by atoms with E-state index in [9.17, 15) is 14.0 Å². The van der Waals surface area contributed by atoms with E-state index >= 15 is 0 Å². The summed E-state index contributed by atoms with van der Waals surface area (Å²) in [7, 11) is 1.55. The number of pyridine rings is 1. The van der Waals surface area contributed by atoms with Gasteiger partial charge in [0.05, 0.1) is 23.2 Å². The smallest absolute Gasteiger partial charge is 0.255 e. The van der Waals surface area contributed by atoms with E-state index in [2.05, 4.69) is 15.6 Å². The van der Waals surface area contributed by atoms with Crippen LogP contribution in [0.25, 0.3) is 22.4 Å². The maximum atomic E-state index is 13.3. The summed E-state index contributed by atoms with van der Waals surface area (Å²) in [4.78, 5) is 28.6. The molecule has 1 aliphatic rings. The summed E-state index contributed by atoms with van der Waals surface area (Å²) in [5.74, 6) is -0.0758. The van der Waals surface area contributed by atoms with Crippen molar-refractivity contribution < 1.29 is 18.4 Å². The molecule has 2 N–H and O–H groups in total. The molecule has 0 radical (unpaired) electrons. The fourth-order valence-electron chi connectivity index (χ4n) is 3.33. The largest absolute Gasteiger partial charge is 0.437 e.